The lowest BCUT2D eigenvalue weighted by atomic mass is 10.1. The van der Waals surface area contributed by atoms with E-state index in [0.29, 0.717) is 24.1 Å². The zero-order chi connectivity index (χ0) is 21.9. The summed E-state index contributed by atoms with van der Waals surface area (Å²) in [4.78, 5) is 7.21. The van der Waals surface area contributed by atoms with Gasteiger partial charge in [-0.2, -0.15) is 0 Å². The molecule has 1 aliphatic heterocycles. The third-order valence-electron chi connectivity index (χ3n) is 6.11. The van der Waals surface area contributed by atoms with Gasteiger partial charge in [-0.15, -0.1) is 0 Å². The molecule has 0 spiro atoms. The Morgan fingerprint density at radius 2 is 1.94 bits per heavy atom. The Kier molecular flexibility index (Phi) is 9.75. The van der Waals surface area contributed by atoms with Gasteiger partial charge >= 0.3 is 0 Å². The van der Waals surface area contributed by atoms with E-state index in [2.05, 4.69) is 17.1 Å². The smallest absolute Gasteiger partial charge is 0.194 e. The highest BCUT2D eigenvalue weighted by Gasteiger charge is 2.24. The highest BCUT2D eigenvalue weighted by molar-refractivity contribution is 5.80. The molecule has 7 heteroatoms. The van der Waals surface area contributed by atoms with Gasteiger partial charge in [0.2, 0.25) is 0 Å². The van der Waals surface area contributed by atoms with Crippen molar-refractivity contribution in [2.45, 2.75) is 58.1 Å². The number of nitrogens with one attached hydrogen (secondary N) is 1. The average Bonchev–Trinajstić information content (AvgIpc) is 3.33. The first-order chi connectivity index (χ1) is 15.2. The Bertz CT molecular complexity index is 683. The molecule has 0 radical (unpaired) electrons. The van der Waals surface area contributed by atoms with Crippen LogP contribution < -0.4 is 14.8 Å². The molecule has 3 rings (SSSR count). The third kappa shape index (κ3) is 7.28. The molecule has 0 amide bonds. The number of rotatable bonds is 10. The summed E-state index contributed by atoms with van der Waals surface area (Å²) in [5, 5.41) is 12.4. The molecular weight excluding hydrogens is 394 g/mol. The van der Waals surface area contributed by atoms with Crippen LogP contribution in [0.2, 0.25) is 0 Å². The van der Waals surface area contributed by atoms with Crippen molar-refractivity contribution in [3.8, 4) is 11.5 Å². The van der Waals surface area contributed by atoms with Gasteiger partial charge in [-0.1, -0.05) is 18.9 Å². The number of benzene rings is 1. The maximum atomic E-state index is 8.96. The molecule has 2 fully saturated rings. The van der Waals surface area contributed by atoms with Crippen LogP contribution in [0.3, 0.4) is 0 Å². The van der Waals surface area contributed by atoms with E-state index in [1.807, 2.05) is 18.2 Å². The minimum atomic E-state index is -0.0242. The van der Waals surface area contributed by atoms with E-state index in [4.69, 9.17) is 24.3 Å². The molecule has 1 saturated carbocycles. The van der Waals surface area contributed by atoms with Gasteiger partial charge in [-0.3, -0.25) is 0 Å². The summed E-state index contributed by atoms with van der Waals surface area (Å²) >= 11 is 0. The molecule has 2 aliphatic rings. The molecule has 174 valence electrons. The zero-order valence-corrected chi connectivity index (χ0v) is 19.1. The summed E-state index contributed by atoms with van der Waals surface area (Å²) in [6, 6.07) is 5.81. The third-order valence-corrected chi connectivity index (χ3v) is 6.11. The van der Waals surface area contributed by atoms with Crippen LogP contribution in [0.25, 0.3) is 0 Å². The molecule has 1 heterocycles. The first-order valence-electron chi connectivity index (χ1n) is 11.8. The van der Waals surface area contributed by atoms with Crippen LogP contribution in [-0.4, -0.2) is 68.6 Å². The van der Waals surface area contributed by atoms with Crippen LogP contribution >= 0.6 is 0 Å². The predicted molar refractivity (Wildman–Crippen MR) is 123 cm³/mol. The molecule has 31 heavy (non-hydrogen) atoms. The SMILES string of the molecule is CCNC(=NCc1ccc(OCCO)c(OC)c1)N1CCC(OCC2CCCC2)CC1. The van der Waals surface area contributed by atoms with Crippen molar-refractivity contribution in [3.05, 3.63) is 23.8 Å². The van der Waals surface area contributed by atoms with E-state index in [1.54, 1.807) is 7.11 Å². The minimum absolute atomic E-state index is 0.0242. The molecule has 1 aliphatic carbocycles. The number of aliphatic hydroxyl groups is 1. The van der Waals surface area contributed by atoms with E-state index in [9.17, 15) is 0 Å². The van der Waals surface area contributed by atoms with Gasteiger partial charge in [-0.05, 0) is 56.2 Å². The quantitative estimate of drug-likeness (QED) is 0.436. The first-order valence-corrected chi connectivity index (χ1v) is 11.8. The molecule has 1 saturated heterocycles. The molecule has 1 aromatic carbocycles. The molecule has 2 N–H and O–H groups in total. The van der Waals surface area contributed by atoms with Crippen molar-refractivity contribution in [1.82, 2.24) is 10.2 Å². The van der Waals surface area contributed by atoms with Gasteiger partial charge in [0.05, 0.1) is 26.4 Å². The second-order valence-corrected chi connectivity index (χ2v) is 8.40. The van der Waals surface area contributed by atoms with Crippen LogP contribution in [0.1, 0.15) is 51.0 Å². The number of piperidine rings is 1. The number of aliphatic hydroxyl groups excluding tert-OH is 1. The van der Waals surface area contributed by atoms with Gasteiger partial charge in [-0.25, -0.2) is 4.99 Å². The van der Waals surface area contributed by atoms with E-state index in [0.717, 1.165) is 56.5 Å². The molecule has 1 aromatic rings. The lowest BCUT2D eigenvalue weighted by Crippen LogP contribution is -2.47. The topological polar surface area (TPSA) is 75.6 Å². The fraction of sp³-hybridized carbons (Fsp3) is 0.708. The Balaban J connectivity index is 1.52. The minimum Gasteiger partial charge on any atom is -0.493 e. The lowest BCUT2D eigenvalue weighted by molar-refractivity contribution is 0.00101. The summed E-state index contributed by atoms with van der Waals surface area (Å²) in [6.45, 7) is 6.62. The molecule has 0 unspecified atom stereocenters. The standard InChI is InChI=1S/C24H39N3O4/c1-3-25-24(26-17-20-8-9-22(30-15-14-28)23(16-20)29-2)27-12-10-21(11-13-27)31-18-19-6-4-5-7-19/h8-9,16,19,21,28H,3-7,10-15,17-18H2,1-2H3,(H,25,26). The largest absolute Gasteiger partial charge is 0.493 e. The van der Waals surface area contributed by atoms with Crippen LogP contribution in [0.4, 0.5) is 0 Å². The van der Waals surface area contributed by atoms with E-state index >= 15 is 0 Å². The number of aliphatic imine (C=N–C) groups is 1. The Morgan fingerprint density at radius 1 is 1.16 bits per heavy atom. The van der Waals surface area contributed by atoms with E-state index in [-0.39, 0.29) is 13.2 Å². The fourth-order valence-corrected chi connectivity index (χ4v) is 4.36. The molecular formula is C24H39N3O4. The zero-order valence-electron chi connectivity index (χ0n) is 19.1. The summed E-state index contributed by atoms with van der Waals surface area (Å²) in [5.41, 5.74) is 1.05. The van der Waals surface area contributed by atoms with Crippen molar-refractivity contribution in [1.29, 1.82) is 0 Å². The summed E-state index contributed by atoms with van der Waals surface area (Å²) in [6.07, 6.45) is 7.93. The number of guanidine groups is 1. The highest BCUT2D eigenvalue weighted by atomic mass is 16.5. The van der Waals surface area contributed by atoms with Crippen LogP contribution in [0, 0.1) is 5.92 Å². The van der Waals surface area contributed by atoms with Crippen LogP contribution in [0.15, 0.2) is 23.2 Å². The van der Waals surface area contributed by atoms with E-state index in [1.165, 1.54) is 25.7 Å². The highest BCUT2D eigenvalue weighted by Crippen LogP contribution is 2.28. The molecule has 7 nitrogen and oxygen atoms in total. The molecule has 0 atom stereocenters. The Morgan fingerprint density at radius 3 is 2.61 bits per heavy atom. The first kappa shape index (κ1) is 23.7. The maximum Gasteiger partial charge on any atom is 0.194 e. The van der Waals surface area contributed by atoms with Crippen molar-refractivity contribution in [2.75, 3.05) is 46.6 Å². The maximum absolute atomic E-state index is 8.96. The van der Waals surface area contributed by atoms with Crippen LogP contribution in [-0.2, 0) is 11.3 Å². The normalized spacial score (nSPS) is 18.4. The van der Waals surface area contributed by atoms with Crippen molar-refractivity contribution in [2.24, 2.45) is 10.9 Å². The van der Waals surface area contributed by atoms with Gasteiger partial charge in [0.25, 0.3) is 0 Å². The van der Waals surface area contributed by atoms with Gasteiger partial charge in [0.15, 0.2) is 17.5 Å². The number of nitrogens with zero attached hydrogens (tertiary/aromatic N) is 2. The molecule has 0 aromatic heterocycles. The van der Waals surface area contributed by atoms with Crippen molar-refractivity contribution >= 4 is 5.96 Å². The van der Waals surface area contributed by atoms with Gasteiger partial charge in [0, 0.05) is 26.2 Å². The summed E-state index contributed by atoms with van der Waals surface area (Å²) < 4.78 is 17.2. The second kappa shape index (κ2) is 12.8. The van der Waals surface area contributed by atoms with Crippen molar-refractivity contribution < 1.29 is 19.3 Å². The Labute approximate surface area is 186 Å². The van der Waals surface area contributed by atoms with Gasteiger partial charge in [0.1, 0.15) is 6.61 Å². The number of methoxy groups -OCH3 is 1. The van der Waals surface area contributed by atoms with Crippen LogP contribution in [0.5, 0.6) is 11.5 Å². The fourth-order valence-electron chi connectivity index (χ4n) is 4.36. The van der Waals surface area contributed by atoms with Gasteiger partial charge < -0.3 is 29.5 Å². The lowest BCUT2D eigenvalue weighted by Gasteiger charge is -2.34. The van der Waals surface area contributed by atoms with Crippen molar-refractivity contribution in [3.63, 3.8) is 0 Å². The average molecular weight is 434 g/mol. The summed E-state index contributed by atoms with van der Waals surface area (Å²) in [5.74, 6) is 3.04. The monoisotopic (exact) mass is 433 g/mol. The Hall–Kier alpha value is -1.99. The second-order valence-electron chi connectivity index (χ2n) is 8.40. The molecule has 0 bridgehead atoms. The number of likely N-dealkylation sites (tertiary alicyclic amines) is 1. The number of ether oxygens (including phenoxy) is 3. The predicted octanol–water partition coefficient (Wildman–Crippen LogP) is 3.20. The number of hydrogen-bond donors (Lipinski definition) is 2. The van der Waals surface area contributed by atoms with E-state index < -0.39 is 0 Å². The summed E-state index contributed by atoms with van der Waals surface area (Å²) in [7, 11) is 1.62. The number of hydrogen-bond acceptors (Lipinski definition) is 5.